The van der Waals surface area contributed by atoms with Crippen LogP contribution in [0.25, 0.3) is 21.9 Å². The fourth-order valence-electron chi connectivity index (χ4n) is 3.30. The Balaban J connectivity index is 1.93. The Morgan fingerprint density at radius 1 is 1.33 bits per heavy atom. The molecule has 0 atom stereocenters. The second kappa shape index (κ2) is 5.41. The molecule has 0 spiro atoms. The largest absolute Gasteiger partial charge is 0.361 e. The van der Waals surface area contributed by atoms with Gasteiger partial charge < -0.3 is 4.52 Å². The molecule has 0 fully saturated rings. The number of hydrogen-bond donors (Lipinski definition) is 0. The van der Waals surface area contributed by atoms with E-state index in [1.54, 1.807) is 11.3 Å². The zero-order chi connectivity index (χ0) is 17.0. The topological polar surface area (TPSA) is 60.9 Å². The maximum atomic E-state index is 12.9. The van der Waals surface area contributed by atoms with Gasteiger partial charge in [-0.2, -0.15) is 0 Å². The van der Waals surface area contributed by atoms with Crippen LogP contribution in [0.2, 0.25) is 0 Å². The van der Waals surface area contributed by atoms with Gasteiger partial charge in [-0.05, 0) is 44.4 Å². The van der Waals surface area contributed by atoms with Crippen molar-refractivity contribution in [2.24, 2.45) is 0 Å². The fourth-order valence-corrected chi connectivity index (χ4v) is 4.32. The zero-order valence-corrected chi connectivity index (χ0v) is 15.1. The lowest BCUT2D eigenvalue weighted by Gasteiger charge is -2.03. The number of rotatable bonds is 2. The van der Waals surface area contributed by atoms with E-state index in [0.717, 1.165) is 61.9 Å². The van der Waals surface area contributed by atoms with Crippen LogP contribution < -0.4 is 5.56 Å². The molecule has 4 rings (SSSR count). The van der Waals surface area contributed by atoms with Gasteiger partial charge in [-0.3, -0.25) is 9.36 Å². The molecule has 1 aliphatic rings. The molecular weight excluding hydrogens is 322 g/mol. The molecule has 1 aliphatic heterocycles. The third kappa shape index (κ3) is 2.09. The van der Waals surface area contributed by atoms with Gasteiger partial charge >= 0.3 is 0 Å². The Hall–Kier alpha value is -2.21. The Kier molecular flexibility index (Phi) is 3.46. The highest BCUT2D eigenvalue weighted by Crippen LogP contribution is 2.32. The monoisotopic (exact) mass is 341 g/mol. The average molecular weight is 341 g/mol. The predicted octanol–water partition coefficient (Wildman–Crippen LogP) is 3.88. The molecule has 0 saturated heterocycles. The summed E-state index contributed by atoms with van der Waals surface area (Å²) in [6.45, 7) is 8.72. The zero-order valence-electron chi connectivity index (χ0n) is 14.3. The van der Waals surface area contributed by atoms with Crippen molar-refractivity contribution in [1.82, 2.24) is 14.7 Å². The predicted molar refractivity (Wildman–Crippen MR) is 96.5 cm³/mol. The first-order valence-electron chi connectivity index (χ1n) is 8.17. The van der Waals surface area contributed by atoms with Gasteiger partial charge in [0.15, 0.2) is 0 Å². The van der Waals surface area contributed by atoms with E-state index in [1.807, 2.05) is 32.3 Å². The van der Waals surface area contributed by atoms with Crippen LogP contribution in [0, 0.1) is 20.8 Å². The number of aryl methyl sites for hydroxylation is 4. The third-order valence-electron chi connectivity index (χ3n) is 4.80. The van der Waals surface area contributed by atoms with E-state index in [-0.39, 0.29) is 5.56 Å². The van der Waals surface area contributed by atoms with Crippen LogP contribution in [0.15, 0.2) is 9.32 Å². The summed E-state index contributed by atoms with van der Waals surface area (Å²) in [5.41, 5.74) is 4.12. The van der Waals surface area contributed by atoms with Gasteiger partial charge in [0.2, 0.25) is 0 Å². The molecule has 0 saturated carbocycles. The molecule has 0 amide bonds. The lowest BCUT2D eigenvalue weighted by Crippen LogP contribution is -2.20. The Morgan fingerprint density at radius 2 is 2.12 bits per heavy atom. The number of nitrogens with zero attached hydrogens (tertiary/aromatic N) is 3. The molecule has 3 aromatic heterocycles. The first kappa shape index (κ1) is 15.3. The van der Waals surface area contributed by atoms with E-state index in [2.05, 4.69) is 11.2 Å². The summed E-state index contributed by atoms with van der Waals surface area (Å²) in [5.74, 6) is 1.67. The van der Waals surface area contributed by atoms with Gasteiger partial charge in [0.25, 0.3) is 5.56 Å². The van der Waals surface area contributed by atoms with Crippen molar-refractivity contribution < 1.29 is 4.52 Å². The van der Waals surface area contributed by atoms with Crippen LogP contribution in [-0.2, 0) is 13.0 Å². The maximum Gasteiger partial charge on any atom is 0.262 e. The molecule has 0 N–H and O–H groups in total. The quantitative estimate of drug-likeness (QED) is 0.710. The van der Waals surface area contributed by atoms with Gasteiger partial charge in [0.05, 0.1) is 11.1 Å². The summed E-state index contributed by atoms with van der Waals surface area (Å²) in [5, 5.41) is 4.84. The highest BCUT2D eigenvalue weighted by molar-refractivity contribution is 7.18. The average Bonchev–Trinajstić information content (AvgIpc) is 3.20. The SMILES string of the molecule is CCc1onc(C)c1/C=C1/CCn2c1nc1sc(C)c(C)c1c2=O. The fraction of sp³-hybridized carbons (Fsp3) is 0.389. The smallest absolute Gasteiger partial charge is 0.262 e. The van der Waals surface area contributed by atoms with Crippen LogP contribution in [-0.4, -0.2) is 14.7 Å². The molecule has 0 aliphatic carbocycles. The summed E-state index contributed by atoms with van der Waals surface area (Å²) < 4.78 is 7.18. The van der Waals surface area contributed by atoms with E-state index in [9.17, 15) is 4.79 Å². The number of aromatic nitrogens is 3. The van der Waals surface area contributed by atoms with Gasteiger partial charge in [0.1, 0.15) is 16.4 Å². The van der Waals surface area contributed by atoms with Crippen molar-refractivity contribution in [1.29, 1.82) is 0 Å². The van der Waals surface area contributed by atoms with Gasteiger partial charge in [-0.25, -0.2) is 4.98 Å². The molecule has 4 heterocycles. The highest BCUT2D eigenvalue weighted by atomic mass is 32.1. The molecule has 5 nitrogen and oxygen atoms in total. The van der Waals surface area contributed by atoms with E-state index in [1.165, 1.54) is 0 Å². The molecule has 6 heteroatoms. The summed E-state index contributed by atoms with van der Waals surface area (Å²) in [7, 11) is 0. The molecule has 0 radical (unpaired) electrons. The van der Waals surface area contributed by atoms with E-state index in [0.29, 0.717) is 6.54 Å². The molecule has 0 aromatic carbocycles. The van der Waals surface area contributed by atoms with E-state index >= 15 is 0 Å². The van der Waals surface area contributed by atoms with Crippen molar-refractivity contribution in [3.63, 3.8) is 0 Å². The van der Waals surface area contributed by atoms with Crippen molar-refractivity contribution in [2.75, 3.05) is 0 Å². The molecule has 3 aromatic rings. The summed E-state index contributed by atoms with van der Waals surface area (Å²) in [4.78, 5) is 19.7. The lowest BCUT2D eigenvalue weighted by atomic mass is 10.1. The van der Waals surface area contributed by atoms with Crippen LogP contribution in [0.1, 0.15) is 46.6 Å². The first-order valence-corrected chi connectivity index (χ1v) is 8.99. The Morgan fingerprint density at radius 3 is 2.88 bits per heavy atom. The molecule has 0 unspecified atom stereocenters. The normalized spacial score (nSPS) is 15.6. The van der Waals surface area contributed by atoms with Crippen LogP contribution in [0.5, 0.6) is 0 Å². The lowest BCUT2D eigenvalue weighted by molar-refractivity contribution is 0.383. The van der Waals surface area contributed by atoms with Gasteiger partial charge in [-0.1, -0.05) is 12.1 Å². The highest BCUT2D eigenvalue weighted by Gasteiger charge is 2.24. The summed E-state index contributed by atoms with van der Waals surface area (Å²) in [6, 6.07) is 0. The van der Waals surface area contributed by atoms with Crippen LogP contribution in [0.4, 0.5) is 0 Å². The minimum Gasteiger partial charge on any atom is -0.361 e. The molecule has 124 valence electrons. The molecular formula is C18H19N3O2S. The standard InChI is InChI=1S/C18H19N3O2S/c1-5-14-13(10(3)20-23-14)8-12-6-7-21-16(12)19-17-15(18(21)22)9(2)11(4)24-17/h8H,5-7H2,1-4H3/b12-8-. The minimum absolute atomic E-state index is 0.0815. The van der Waals surface area contributed by atoms with Crippen molar-refractivity contribution in [3.05, 3.63) is 43.6 Å². The van der Waals surface area contributed by atoms with E-state index in [4.69, 9.17) is 9.51 Å². The number of fused-ring (bicyclic) bond motifs is 2. The summed E-state index contributed by atoms with van der Waals surface area (Å²) >= 11 is 1.60. The molecule has 24 heavy (non-hydrogen) atoms. The minimum atomic E-state index is 0.0815. The maximum absolute atomic E-state index is 12.9. The summed E-state index contributed by atoms with van der Waals surface area (Å²) in [6.07, 6.45) is 3.70. The third-order valence-corrected chi connectivity index (χ3v) is 5.90. The first-order chi connectivity index (χ1) is 11.5. The number of hydrogen-bond acceptors (Lipinski definition) is 5. The van der Waals surface area contributed by atoms with Gasteiger partial charge in [-0.15, -0.1) is 11.3 Å². The Labute approximate surface area is 143 Å². The van der Waals surface area contributed by atoms with Crippen molar-refractivity contribution >= 4 is 33.2 Å². The van der Waals surface area contributed by atoms with E-state index < -0.39 is 0 Å². The second-order valence-corrected chi connectivity index (χ2v) is 7.44. The van der Waals surface area contributed by atoms with Crippen LogP contribution in [0.3, 0.4) is 0 Å². The molecule has 0 bridgehead atoms. The second-order valence-electron chi connectivity index (χ2n) is 6.23. The van der Waals surface area contributed by atoms with Crippen molar-refractivity contribution in [3.8, 4) is 0 Å². The van der Waals surface area contributed by atoms with Crippen molar-refractivity contribution in [2.45, 2.75) is 47.1 Å². The van der Waals surface area contributed by atoms with Gasteiger partial charge in [0, 0.05) is 23.4 Å². The number of allylic oxidation sites excluding steroid dienone is 1. The Bertz CT molecular complexity index is 1050. The van der Waals surface area contributed by atoms with Crippen LogP contribution >= 0.6 is 11.3 Å². The number of thiophene rings is 1.